The zero-order valence-electron chi connectivity index (χ0n) is 13.0. The van der Waals surface area contributed by atoms with Gasteiger partial charge in [-0.2, -0.15) is 0 Å². The summed E-state index contributed by atoms with van der Waals surface area (Å²) in [4.78, 5) is 2.09. The molecule has 1 fully saturated rings. The maximum atomic E-state index is 14.3. The van der Waals surface area contributed by atoms with Crippen molar-refractivity contribution in [3.8, 4) is 0 Å². The van der Waals surface area contributed by atoms with Gasteiger partial charge < -0.3 is 10.2 Å². The quantitative estimate of drug-likeness (QED) is 0.869. The molecule has 5 heteroatoms. The Bertz CT molecular complexity index is 482. The molecule has 1 aliphatic heterocycles. The fraction of sp³-hybridized carbons (Fsp3) is 0.625. The lowest BCUT2D eigenvalue weighted by molar-refractivity contribution is 0.293. The Hall–Kier alpha value is -0.680. The van der Waals surface area contributed by atoms with E-state index < -0.39 is 11.6 Å². The van der Waals surface area contributed by atoms with E-state index in [9.17, 15) is 8.78 Å². The van der Waals surface area contributed by atoms with Crippen LogP contribution in [0, 0.1) is 23.5 Å². The third-order valence-electron chi connectivity index (χ3n) is 4.23. The molecular weight excluding hydrogens is 338 g/mol. The number of benzene rings is 1. The summed E-state index contributed by atoms with van der Waals surface area (Å²) in [5, 5.41) is 3.55. The van der Waals surface area contributed by atoms with Crippen LogP contribution in [0.5, 0.6) is 0 Å². The van der Waals surface area contributed by atoms with E-state index in [1.54, 1.807) is 0 Å². The second kappa shape index (κ2) is 6.61. The van der Waals surface area contributed by atoms with Gasteiger partial charge in [0.2, 0.25) is 0 Å². The van der Waals surface area contributed by atoms with Crippen LogP contribution >= 0.6 is 15.9 Å². The molecule has 118 valence electrons. The lowest BCUT2D eigenvalue weighted by Crippen LogP contribution is -2.60. The Morgan fingerprint density at radius 1 is 1.19 bits per heavy atom. The molecule has 2 atom stereocenters. The fourth-order valence-corrected chi connectivity index (χ4v) is 3.54. The van der Waals surface area contributed by atoms with E-state index in [2.05, 4.69) is 53.8 Å². The topological polar surface area (TPSA) is 15.3 Å². The van der Waals surface area contributed by atoms with Crippen molar-refractivity contribution in [2.45, 2.75) is 39.8 Å². The average molecular weight is 361 g/mol. The molecule has 2 rings (SSSR count). The van der Waals surface area contributed by atoms with Gasteiger partial charge in [-0.25, -0.2) is 8.78 Å². The predicted molar refractivity (Wildman–Crippen MR) is 86.7 cm³/mol. The fourth-order valence-electron chi connectivity index (χ4n) is 2.90. The number of hydrogen-bond donors (Lipinski definition) is 1. The van der Waals surface area contributed by atoms with Gasteiger partial charge in [0.05, 0.1) is 5.69 Å². The first-order chi connectivity index (χ1) is 9.81. The average Bonchev–Trinajstić information content (AvgIpc) is 2.36. The van der Waals surface area contributed by atoms with Crippen molar-refractivity contribution in [1.82, 2.24) is 5.32 Å². The van der Waals surface area contributed by atoms with E-state index >= 15 is 0 Å². The summed E-state index contributed by atoms with van der Waals surface area (Å²) in [6.07, 6.45) is 0. The molecule has 0 aromatic heterocycles. The minimum absolute atomic E-state index is 0.191. The summed E-state index contributed by atoms with van der Waals surface area (Å²) in [7, 11) is 0. The highest BCUT2D eigenvalue weighted by atomic mass is 79.9. The molecule has 0 aliphatic carbocycles. The molecule has 0 bridgehead atoms. The molecule has 1 aliphatic rings. The van der Waals surface area contributed by atoms with Crippen molar-refractivity contribution in [2.24, 2.45) is 11.8 Å². The molecule has 0 saturated carbocycles. The molecule has 1 saturated heterocycles. The maximum Gasteiger partial charge on any atom is 0.150 e. The first-order valence-corrected chi connectivity index (χ1v) is 8.25. The monoisotopic (exact) mass is 360 g/mol. The van der Waals surface area contributed by atoms with Crippen LogP contribution in [0.15, 0.2) is 16.6 Å². The molecule has 21 heavy (non-hydrogen) atoms. The van der Waals surface area contributed by atoms with Crippen molar-refractivity contribution in [3.05, 3.63) is 28.2 Å². The van der Waals surface area contributed by atoms with E-state index in [4.69, 9.17) is 0 Å². The lowest BCUT2D eigenvalue weighted by atomic mass is 9.93. The van der Waals surface area contributed by atoms with E-state index in [1.807, 2.05) is 0 Å². The van der Waals surface area contributed by atoms with Gasteiger partial charge in [0.25, 0.3) is 0 Å². The Kier molecular flexibility index (Phi) is 5.25. The third kappa shape index (κ3) is 3.57. The minimum atomic E-state index is -0.556. The zero-order chi connectivity index (χ0) is 15.7. The van der Waals surface area contributed by atoms with Crippen LogP contribution in [-0.4, -0.2) is 25.2 Å². The highest BCUT2D eigenvalue weighted by Crippen LogP contribution is 2.34. The van der Waals surface area contributed by atoms with Gasteiger partial charge in [-0.15, -0.1) is 0 Å². The van der Waals surface area contributed by atoms with Crippen LogP contribution in [0.1, 0.15) is 27.7 Å². The molecule has 0 amide bonds. The van der Waals surface area contributed by atoms with E-state index in [1.165, 1.54) is 6.07 Å². The SMILES string of the molecule is CC(C)C1CN(c2c(F)cc(F)cc2Br)C(C(C)C)CN1. The molecule has 1 aromatic rings. The second-order valence-electron chi connectivity index (χ2n) is 6.44. The van der Waals surface area contributed by atoms with Crippen molar-refractivity contribution in [2.75, 3.05) is 18.0 Å². The van der Waals surface area contributed by atoms with Gasteiger partial charge in [-0.05, 0) is 33.8 Å². The van der Waals surface area contributed by atoms with Crippen molar-refractivity contribution >= 4 is 21.6 Å². The second-order valence-corrected chi connectivity index (χ2v) is 7.29. The van der Waals surface area contributed by atoms with Crippen LogP contribution in [-0.2, 0) is 0 Å². The van der Waals surface area contributed by atoms with Crippen LogP contribution in [0.2, 0.25) is 0 Å². The summed E-state index contributed by atoms with van der Waals surface area (Å²) in [5.41, 5.74) is 0.474. The van der Waals surface area contributed by atoms with E-state index in [0.29, 0.717) is 28.0 Å². The first-order valence-electron chi connectivity index (χ1n) is 7.45. The molecule has 0 radical (unpaired) electrons. The Morgan fingerprint density at radius 2 is 1.86 bits per heavy atom. The molecule has 1 aromatic carbocycles. The van der Waals surface area contributed by atoms with Crippen LogP contribution in [0.3, 0.4) is 0 Å². The summed E-state index contributed by atoms with van der Waals surface area (Å²) in [6.45, 7) is 10.1. The molecule has 2 unspecified atom stereocenters. The standard InChI is InChI=1S/C16H23BrF2N2/c1-9(2)14-8-21(15(7-20-14)10(3)4)16-12(17)5-11(18)6-13(16)19/h5-6,9-10,14-15,20H,7-8H2,1-4H3. The number of halogens is 3. The van der Waals surface area contributed by atoms with Crippen LogP contribution < -0.4 is 10.2 Å². The number of nitrogens with one attached hydrogen (secondary N) is 1. The summed E-state index contributed by atoms with van der Waals surface area (Å²) in [6, 6.07) is 2.79. The van der Waals surface area contributed by atoms with Crippen molar-refractivity contribution in [3.63, 3.8) is 0 Å². The van der Waals surface area contributed by atoms with Gasteiger partial charge in [-0.1, -0.05) is 27.7 Å². The summed E-state index contributed by atoms with van der Waals surface area (Å²) in [5.74, 6) is -0.221. The largest absolute Gasteiger partial charge is 0.362 e. The van der Waals surface area contributed by atoms with Crippen molar-refractivity contribution in [1.29, 1.82) is 0 Å². The molecular formula is C16H23BrF2N2. The zero-order valence-corrected chi connectivity index (χ0v) is 14.5. The molecule has 0 spiro atoms. The summed E-state index contributed by atoms with van der Waals surface area (Å²) < 4.78 is 28.1. The Balaban J connectivity index is 2.40. The van der Waals surface area contributed by atoms with E-state index in [-0.39, 0.29) is 6.04 Å². The van der Waals surface area contributed by atoms with E-state index in [0.717, 1.165) is 19.2 Å². The van der Waals surface area contributed by atoms with Gasteiger partial charge in [0.15, 0.2) is 5.82 Å². The summed E-state index contributed by atoms with van der Waals surface area (Å²) >= 11 is 3.32. The van der Waals surface area contributed by atoms with Gasteiger partial charge >= 0.3 is 0 Å². The normalized spacial score (nSPS) is 23.2. The Morgan fingerprint density at radius 3 is 2.38 bits per heavy atom. The number of nitrogens with zero attached hydrogens (tertiary/aromatic N) is 1. The van der Waals surface area contributed by atoms with Crippen LogP contribution in [0.4, 0.5) is 14.5 Å². The third-order valence-corrected chi connectivity index (χ3v) is 4.83. The number of piperazine rings is 1. The van der Waals surface area contributed by atoms with Gasteiger partial charge in [0, 0.05) is 35.7 Å². The smallest absolute Gasteiger partial charge is 0.150 e. The van der Waals surface area contributed by atoms with Crippen LogP contribution in [0.25, 0.3) is 0 Å². The predicted octanol–water partition coefficient (Wildman–Crippen LogP) is 4.19. The van der Waals surface area contributed by atoms with Gasteiger partial charge in [-0.3, -0.25) is 0 Å². The van der Waals surface area contributed by atoms with Crippen molar-refractivity contribution < 1.29 is 8.78 Å². The Labute approximate surface area is 134 Å². The first kappa shape index (κ1) is 16.7. The number of hydrogen-bond acceptors (Lipinski definition) is 2. The highest BCUT2D eigenvalue weighted by Gasteiger charge is 2.33. The number of anilines is 1. The number of rotatable bonds is 3. The lowest BCUT2D eigenvalue weighted by Gasteiger charge is -2.45. The molecule has 1 N–H and O–H groups in total. The maximum absolute atomic E-state index is 14.3. The van der Waals surface area contributed by atoms with Gasteiger partial charge in [0.1, 0.15) is 5.82 Å². The molecule has 1 heterocycles. The minimum Gasteiger partial charge on any atom is -0.362 e. The highest BCUT2D eigenvalue weighted by molar-refractivity contribution is 9.10. The molecule has 2 nitrogen and oxygen atoms in total.